The lowest BCUT2D eigenvalue weighted by atomic mass is 9.81. The molecule has 2 N–H and O–H groups in total. The van der Waals surface area contributed by atoms with Crippen LogP contribution in [0.25, 0.3) is 0 Å². The van der Waals surface area contributed by atoms with Crippen LogP contribution in [0.5, 0.6) is 0 Å². The fraction of sp³-hybridized carbons (Fsp3) is 0.294. The molecular formula is C17H19N3O2. The van der Waals surface area contributed by atoms with E-state index in [4.69, 9.17) is 10.5 Å². The van der Waals surface area contributed by atoms with Crippen molar-refractivity contribution in [2.75, 3.05) is 19.0 Å². The van der Waals surface area contributed by atoms with Gasteiger partial charge in [0.25, 0.3) is 0 Å². The minimum atomic E-state index is -0.479. The molecule has 5 heteroatoms. The van der Waals surface area contributed by atoms with Crippen LogP contribution in [0.3, 0.4) is 0 Å². The van der Waals surface area contributed by atoms with Crippen molar-refractivity contribution in [2.24, 2.45) is 5.73 Å². The van der Waals surface area contributed by atoms with Crippen LogP contribution in [0.2, 0.25) is 0 Å². The zero-order chi connectivity index (χ0) is 16.4. The highest BCUT2D eigenvalue weighted by molar-refractivity contribution is 5.96. The van der Waals surface area contributed by atoms with Gasteiger partial charge in [-0.15, -0.1) is 0 Å². The van der Waals surface area contributed by atoms with E-state index in [-0.39, 0.29) is 17.2 Å². The highest BCUT2D eigenvalue weighted by Gasteiger charge is 2.33. The molecule has 0 fully saturated rings. The summed E-state index contributed by atoms with van der Waals surface area (Å²) < 4.78 is 5.36. The molecule has 0 aliphatic carbocycles. The van der Waals surface area contributed by atoms with E-state index in [2.05, 4.69) is 6.07 Å². The minimum Gasteiger partial charge on any atom is -0.445 e. The summed E-state index contributed by atoms with van der Waals surface area (Å²) in [7, 11) is 3.90. The summed E-state index contributed by atoms with van der Waals surface area (Å²) in [4.78, 5) is 14.0. The number of carbonyl (C=O) groups excluding carboxylic acids is 1. The molecule has 1 aliphatic rings. The van der Waals surface area contributed by atoms with E-state index in [1.165, 1.54) is 6.92 Å². The van der Waals surface area contributed by atoms with Gasteiger partial charge >= 0.3 is 0 Å². The van der Waals surface area contributed by atoms with Crippen LogP contribution in [-0.2, 0) is 9.53 Å². The topological polar surface area (TPSA) is 79.3 Å². The minimum absolute atomic E-state index is 0.0617. The Hall–Kier alpha value is -2.74. The van der Waals surface area contributed by atoms with Gasteiger partial charge in [-0.1, -0.05) is 12.1 Å². The first-order valence-electron chi connectivity index (χ1n) is 6.93. The number of ketones is 1. The molecule has 0 saturated heterocycles. The summed E-state index contributed by atoms with van der Waals surface area (Å²) in [6.07, 6.45) is 0. The Labute approximate surface area is 130 Å². The molecule has 0 bridgehead atoms. The molecule has 1 heterocycles. The van der Waals surface area contributed by atoms with Gasteiger partial charge in [0.05, 0.1) is 5.92 Å². The molecule has 0 saturated carbocycles. The number of ether oxygens (including phenoxy) is 1. The summed E-state index contributed by atoms with van der Waals surface area (Å²) >= 11 is 0. The van der Waals surface area contributed by atoms with Gasteiger partial charge in [0, 0.05) is 25.4 Å². The summed E-state index contributed by atoms with van der Waals surface area (Å²) in [5.41, 5.74) is 8.46. The Bertz CT molecular complexity index is 706. The van der Waals surface area contributed by atoms with E-state index < -0.39 is 5.92 Å². The van der Waals surface area contributed by atoms with Gasteiger partial charge in [0.15, 0.2) is 5.78 Å². The summed E-state index contributed by atoms with van der Waals surface area (Å²) in [6, 6.07) is 9.79. The lowest BCUT2D eigenvalue weighted by Gasteiger charge is -2.27. The van der Waals surface area contributed by atoms with Crippen molar-refractivity contribution in [1.29, 1.82) is 5.26 Å². The smallest absolute Gasteiger partial charge is 0.205 e. The third kappa shape index (κ3) is 2.68. The average molecular weight is 297 g/mol. The quantitative estimate of drug-likeness (QED) is 0.927. The SMILES string of the molecule is CC(=O)C1=C(C)OC(N)=C(C#N)[C@H]1c1ccc(N(C)C)cc1. The van der Waals surface area contributed by atoms with Crippen LogP contribution >= 0.6 is 0 Å². The van der Waals surface area contributed by atoms with Gasteiger partial charge < -0.3 is 15.4 Å². The zero-order valence-electron chi connectivity index (χ0n) is 13.2. The highest BCUT2D eigenvalue weighted by Crippen LogP contribution is 2.39. The molecule has 0 aromatic heterocycles. The number of nitrogens with two attached hydrogens (primary N) is 1. The summed E-state index contributed by atoms with van der Waals surface area (Å²) in [5.74, 6) is -0.0933. The maximum Gasteiger partial charge on any atom is 0.205 e. The monoisotopic (exact) mass is 297 g/mol. The molecule has 2 rings (SSSR count). The Morgan fingerprint density at radius 2 is 1.91 bits per heavy atom. The van der Waals surface area contributed by atoms with Crippen molar-refractivity contribution in [3.63, 3.8) is 0 Å². The highest BCUT2D eigenvalue weighted by atomic mass is 16.5. The second kappa shape index (κ2) is 5.94. The second-order valence-electron chi connectivity index (χ2n) is 5.44. The van der Waals surface area contributed by atoms with Crippen LogP contribution in [-0.4, -0.2) is 19.9 Å². The molecule has 22 heavy (non-hydrogen) atoms. The van der Waals surface area contributed by atoms with Crippen LogP contribution < -0.4 is 10.6 Å². The van der Waals surface area contributed by atoms with Crippen molar-refractivity contribution >= 4 is 11.5 Å². The van der Waals surface area contributed by atoms with Gasteiger partial charge in [0.1, 0.15) is 17.4 Å². The van der Waals surface area contributed by atoms with Crippen molar-refractivity contribution in [1.82, 2.24) is 0 Å². The maximum atomic E-state index is 12.0. The van der Waals surface area contributed by atoms with E-state index in [1.54, 1.807) is 6.92 Å². The molecule has 0 unspecified atom stereocenters. The fourth-order valence-electron chi connectivity index (χ4n) is 2.63. The second-order valence-corrected chi connectivity index (χ2v) is 5.44. The molecular weight excluding hydrogens is 278 g/mol. The Kier molecular flexibility index (Phi) is 4.22. The molecule has 0 spiro atoms. The van der Waals surface area contributed by atoms with Gasteiger partial charge in [0.2, 0.25) is 5.88 Å². The number of allylic oxidation sites excluding steroid dienone is 3. The van der Waals surface area contributed by atoms with E-state index >= 15 is 0 Å². The van der Waals surface area contributed by atoms with Gasteiger partial charge in [-0.25, -0.2) is 0 Å². The predicted octanol–water partition coefficient (Wildman–Crippen LogP) is 2.42. The Balaban J connectivity index is 2.58. The standard InChI is InChI=1S/C17H19N3O2/c1-10(21)15-11(2)22-17(19)14(9-18)16(15)12-5-7-13(8-6-12)20(3)4/h5-8,16H,19H2,1-4H3/t16-/m1/s1. The summed E-state index contributed by atoms with van der Waals surface area (Å²) in [6.45, 7) is 3.17. The number of rotatable bonds is 3. The van der Waals surface area contributed by atoms with Crippen molar-refractivity contribution < 1.29 is 9.53 Å². The molecule has 1 aromatic rings. The van der Waals surface area contributed by atoms with Crippen LogP contribution in [0.1, 0.15) is 25.3 Å². The maximum absolute atomic E-state index is 12.0. The van der Waals surface area contributed by atoms with Crippen molar-refractivity contribution in [2.45, 2.75) is 19.8 Å². The van der Waals surface area contributed by atoms with Gasteiger partial charge in [-0.3, -0.25) is 4.79 Å². The third-order valence-corrected chi connectivity index (χ3v) is 3.73. The van der Waals surface area contributed by atoms with E-state index in [1.807, 2.05) is 43.3 Å². The molecule has 114 valence electrons. The molecule has 0 amide bonds. The lowest BCUT2D eigenvalue weighted by Crippen LogP contribution is -2.23. The number of benzene rings is 1. The van der Waals surface area contributed by atoms with E-state index in [9.17, 15) is 10.1 Å². The number of hydrogen-bond donors (Lipinski definition) is 1. The average Bonchev–Trinajstić information content (AvgIpc) is 2.46. The Morgan fingerprint density at radius 3 is 2.36 bits per heavy atom. The number of Topliss-reactive ketones (excluding diaryl/α,β-unsaturated/α-hetero) is 1. The molecule has 1 atom stereocenters. The van der Waals surface area contributed by atoms with Crippen molar-refractivity contribution in [3.05, 3.63) is 52.6 Å². The Morgan fingerprint density at radius 1 is 1.32 bits per heavy atom. The van der Waals surface area contributed by atoms with E-state index in [0.29, 0.717) is 11.3 Å². The number of nitriles is 1. The largest absolute Gasteiger partial charge is 0.445 e. The van der Waals surface area contributed by atoms with Gasteiger partial charge in [-0.05, 0) is 31.5 Å². The van der Waals surface area contributed by atoms with Gasteiger partial charge in [-0.2, -0.15) is 5.26 Å². The first kappa shape index (κ1) is 15.6. The molecule has 1 aliphatic heterocycles. The first-order valence-corrected chi connectivity index (χ1v) is 6.93. The van der Waals surface area contributed by atoms with E-state index in [0.717, 1.165) is 11.3 Å². The van der Waals surface area contributed by atoms with Crippen molar-refractivity contribution in [3.8, 4) is 6.07 Å². The first-order chi connectivity index (χ1) is 10.4. The number of carbonyl (C=O) groups is 1. The molecule has 5 nitrogen and oxygen atoms in total. The number of anilines is 1. The normalized spacial score (nSPS) is 17.9. The van der Waals surface area contributed by atoms with Crippen LogP contribution in [0, 0.1) is 11.3 Å². The number of nitrogens with zero attached hydrogens (tertiary/aromatic N) is 2. The molecule has 1 aromatic carbocycles. The summed E-state index contributed by atoms with van der Waals surface area (Å²) in [5, 5.41) is 9.41. The van der Waals surface area contributed by atoms with Crippen LogP contribution in [0.15, 0.2) is 47.1 Å². The van der Waals surface area contributed by atoms with Crippen LogP contribution in [0.4, 0.5) is 5.69 Å². The lowest BCUT2D eigenvalue weighted by molar-refractivity contribution is -0.114. The zero-order valence-corrected chi connectivity index (χ0v) is 13.2. The fourth-order valence-corrected chi connectivity index (χ4v) is 2.63. The third-order valence-electron chi connectivity index (χ3n) is 3.73. The predicted molar refractivity (Wildman–Crippen MR) is 84.8 cm³/mol. The number of hydrogen-bond acceptors (Lipinski definition) is 5. The molecule has 0 radical (unpaired) electrons.